The molecule has 8 heteroatoms. The van der Waals surface area contributed by atoms with Gasteiger partial charge in [0.2, 0.25) is 0 Å². The van der Waals surface area contributed by atoms with Crippen LogP contribution in [0.4, 0.5) is 17.1 Å². The van der Waals surface area contributed by atoms with Crippen molar-refractivity contribution in [2.75, 3.05) is 10.6 Å². The van der Waals surface area contributed by atoms with Gasteiger partial charge in [-0.2, -0.15) is 0 Å². The molecule has 6 nitrogen and oxygen atoms in total. The molecule has 0 aliphatic rings. The highest BCUT2D eigenvalue weighted by molar-refractivity contribution is 7.80. The second-order valence-electron chi connectivity index (χ2n) is 9.42. The lowest BCUT2D eigenvalue weighted by Crippen LogP contribution is -2.22. The van der Waals surface area contributed by atoms with Crippen LogP contribution in [0.25, 0.3) is 28.0 Å². The number of nitrogens with zero attached hydrogens (tertiary/aromatic N) is 3. The zero-order valence-corrected chi connectivity index (χ0v) is 23.8. The number of halogens is 1. The number of hydrogen-bond donors (Lipinski definition) is 2. The van der Waals surface area contributed by atoms with Gasteiger partial charge in [0.05, 0.1) is 27.3 Å². The predicted octanol–water partition coefficient (Wildman–Crippen LogP) is 8.27. The Bertz CT molecular complexity index is 1970. The summed E-state index contributed by atoms with van der Waals surface area (Å²) in [7, 11) is 0. The maximum Gasteiger partial charge on any atom is 0.266 e. The summed E-state index contributed by atoms with van der Waals surface area (Å²) in [5.74, 6) is 0.473. The smallest absolute Gasteiger partial charge is 0.266 e. The first kappa shape index (κ1) is 27.1. The van der Waals surface area contributed by atoms with Gasteiger partial charge in [0.15, 0.2) is 5.11 Å². The number of benzene rings is 5. The van der Waals surface area contributed by atoms with Gasteiger partial charge < -0.3 is 10.6 Å². The molecule has 1 aromatic heterocycles. The van der Waals surface area contributed by atoms with Crippen molar-refractivity contribution in [2.45, 2.75) is 0 Å². The Morgan fingerprint density at radius 2 is 1.45 bits per heavy atom. The van der Waals surface area contributed by atoms with E-state index in [-0.39, 0.29) is 5.56 Å². The van der Waals surface area contributed by atoms with Crippen LogP contribution in [0.15, 0.2) is 137 Å². The third-order valence-electron chi connectivity index (χ3n) is 6.54. The maximum atomic E-state index is 13.9. The monoisotopic (exact) mass is 585 g/mol. The summed E-state index contributed by atoms with van der Waals surface area (Å²) >= 11 is 12.3. The van der Waals surface area contributed by atoms with Crippen molar-refractivity contribution in [3.63, 3.8) is 0 Å². The normalized spacial score (nSPS) is 11.1. The highest BCUT2D eigenvalue weighted by Gasteiger charge is 2.17. The first-order chi connectivity index (χ1) is 20.5. The molecule has 0 aliphatic carbocycles. The Morgan fingerprint density at radius 3 is 2.19 bits per heavy atom. The van der Waals surface area contributed by atoms with Crippen LogP contribution in [0.2, 0.25) is 5.02 Å². The van der Waals surface area contributed by atoms with Crippen molar-refractivity contribution in [3.8, 4) is 17.1 Å². The van der Waals surface area contributed by atoms with Gasteiger partial charge in [-0.05, 0) is 84.5 Å². The van der Waals surface area contributed by atoms with Crippen molar-refractivity contribution in [3.05, 3.63) is 148 Å². The molecule has 0 atom stereocenters. The number of fused-ring (bicyclic) bond motifs is 1. The Balaban J connectivity index is 1.35. The first-order valence-corrected chi connectivity index (χ1v) is 14.0. The van der Waals surface area contributed by atoms with Crippen molar-refractivity contribution in [2.24, 2.45) is 4.99 Å². The van der Waals surface area contributed by atoms with Crippen LogP contribution in [0, 0.1) is 0 Å². The molecule has 6 rings (SSSR count). The van der Waals surface area contributed by atoms with Crippen LogP contribution in [-0.4, -0.2) is 20.9 Å². The van der Waals surface area contributed by atoms with E-state index in [2.05, 4.69) is 15.6 Å². The molecular formula is C34H24ClN5OS. The topological polar surface area (TPSA) is 71.3 Å². The molecule has 0 fully saturated rings. The summed E-state index contributed by atoms with van der Waals surface area (Å²) in [6.07, 6.45) is 1.82. The molecule has 0 aliphatic heterocycles. The summed E-state index contributed by atoms with van der Waals surface area (Å²) in [6, 6.07) is 39.8. The molecule has 0 amide bonds. The van der Waals surface area contributed by atoms with Gasteiger partial charge >= 0.3 is 0 Å². The van der Waals surface area contributed by atoms with Crippen LogP contribution < -0.4 is 16.2 Å². The van der Waals surface area contributed by atoms with Crippen LogP contribution in [-0.2, 0) is 0 Å². The molecular weight excluding hydrogens is 562 g/mol. The zero-order chi connectivity index (χ0) is 28.9. The highest BCUT2D eigenvalue weighted by atomic mass is 35.5. The van der Waals surface area contributed by atoms with Crippen molar-refractivity contribution in [1.82, 2.24) is 9.55 Å². The summed E-state index contributed by atoms with van der Waals surface area (Å²) in [4.78, 5) is 23.3. The lowest BCUT2D eigenvalue weighted by atomic mass is 10.1. The van der Waals surface area contributed by atoms with E-state index in [4.69, 9.17) is 28.8 Å². The van der Waals surface area contributed by atoms with E-state index in [0.717, 1.165) is 22.5 Å². The van der Waals surface area contributed by atoms with E-state index in [9.17, 15) is 4.79 Å². The Labute approximate surface area is 253 Å². The molecule has 2 N–H and O–H groups in total. The minimum atomic E-state index is -0.217. The maximum absolute atomic E-state index is 13.9. The standard InChI is InChI=1S/C34H24ClN5OS/c35-29-21-27(38-34(42)37-26-11-5-2-6-12-26)19-20-31(29)40-32(39-30-14-8-7-13-28(30)33(40)41)24-15-17-25(18-16-24)36-22-23-9-3-1-4-10-23/h1-22H,(H2,37,38,42). The second-order valence-corrected chi connectivity index (χ2v) is 10.2. The number of nitrogens with one attached hydrogen (secondary N) is 2. The summed E-state index contributed by atoms with van der Waals surface area (Å²) in [5, 5.41) is 7.58. The molecule has 0 bridgehead atoms. The van der Waals surface area contributed by atoms with Gasteiger partial charge in [-0.3, -0.25) is 14.4 Å². The highest BCUT2D eigenvalue weighted by Crippen LogP contribution is 2.29. The third kappa shape index (κ3) is 5.98. The molecule has 0 saturated heterocycles. The molecule has 42 heavy (non-hydrogen) atoms. The van der Waals surface area contributed by atoms with E-state index >= 15 is 0 Å². The molecule has 0 spiro atoms. The average Bonchev–Trinajstić information content (AvgIpc) is 3.02. The Kier molecular flexibility index (Phi) is 7.85. The second kappa shape index (κ2) is 12.2. The van der Waals surface area contributed by atoms with Crippen LogP contribution >= 0.6 is 23.8 Å². The number of rotatable bonds is 6. The number of anilines is 2. The van der Waals surface area contributed by atoms with Gasteiger partial charge in [-0.25, -0.2) is 4.98 Å². The number of para-hydroxylation sites is 2. The van der Waals surface area contributed by atoms with E-state index < -0.39 is 0 Å². The summed E-state index contributed by atoms with van der Waals surface area (Å²) < 4.78 is 1.55. The molecule has 0 saturated carbocycles. The average molecular weight is 586 g/mol. The summed E-state index contributed by atoms with van der Waals surface area (Å²) in [6.45, 7) is 0. The fourth-order valence-electron chi connectivity index (χ4n) is 4.52. The van der Waals surface area contributed by atoms with E-state index in [1.807, 2.05) is 115 Å². The largest absolute Gasteiger partial charge is 0.332 e. The van der Waals surface area contributed by atoms with Gasteiger partial charge in [-0.1, -0.05) is 72.3 Å². The van der Waals surface area contributed by atoms with Crippen LogP contribution in [0.1, 0.15) is 5.56 Å². The van der Waals surface area contributed by atoms with Crippen molar-refractivity contribution >= 4 is 63.1 Å². The number of thiocarbonyl (C=S) groups is 1. The number of hydrogen-bond acceptors (Lipinski definition) is 4. The molecule has 0 radical (unpaired) electrons. The van der Waals surface area contributed by atoms with E-state index in [1.54, 1.807) is 22.8 Å². The van der Waals surface area contributed by atoms with Crippen LogP contribution in [0.3, 0.4) is 0 Å². The molecule has 1 heterocycles. The number of aliphatic imine (C=N–C) groups is 1. The van der Waals surface area contributed by atoms with Crippen molar-refractivity contribution < 1.29 is 0 Å². The lowest BCUT2D eigenvalue weighted by molar-refractivity contribution is 0.976. The lowest BCUT2D eigenvalue weighted by Gasteiger charge is -2.17. The number of aromatic nitrogens is 2. The van der Waals surface area contributed by atoms with Gasteiger partial charge in [0.1, 0.15) is 5.82 Å². The molecule has 0 unspecified atom stereocenters. The van der Waals surface area contributed by atoms with Gasteiger partial charge in [0.25, 0.3) is 5.56 Å². The predicted molar refractivity (Wildman–Crippen MR) is 178 cm³/mol. The quantitative estimate of drug-likeness (QED) is 0.152. The minimum Gasteiger partial charge on any atom is -0.332 e. The fourth-order valence-corrected chi connectivity index (χ4v) is 5.02. The molecule has 204 valence electrons. The Morgan fingerprint density at radius 1 is 0.786 bits per heavy atom. The van der Waals surface area contributed by atoms with Gasteiger partial charge in [0, 0.05) is 23.2 Å². The van der Waals surface area contributed by atoms with E-state index in [0.29, 0.717) is 38.2 Å². The first-order valence-electron chi connectivity index (χ1n) is 13.2. The molecule has 5 aromatic carbocycles. The third-order valence-corrected chi connectivity index (χ3v) is 7.05. The summed E-state index contributed by atoms with van der Waals surface area (Å²) in [5.41, 5.74) is 4.99. The molecule has 6 aromatic rings. The minimum absolute atomic E-state index is 0.217. The van der Waals surface area contributed by atoms with Crippen LogP contribution in [0.5, 0.6) is 0 Å². The zero-order valence-electron chi connectivity index (χ0n) is 22.2. The van der Waals surface area contributed by atoms with Gasteiger partial charge in [-0.15, -0.1) is 0 Å². The van der Waals surface area contributed by atoms with E-state index in [1.165, 1.54) is 0 Å². The SMILES string of the molecule is O=c1c2ccccc2nc(-c2ccc(N=Cc3ccccc3)cc2)n1-c1ccc(NC(=S)Nc2ccccc2)cc1Cl. The Hall–Kier alpha value is -5.11. The fraction of sp³-hybridized carbons (Fsp3) is 0. The van der Waals surface area contributed by atoms with Crippen molar-refractivity contribution in [1.29, 1.82) is 0 Å².